The summed E-state index contributed by atoms with van der Waals surface area (Å²) in [6, 6.07) is 8.09. The average molecular weight is 318 g/mol. The van der Waals surface area contributed by atoms with E-state index >= 15 is 0 Å². The lowest BCUT2D eigenvalue weighted by Gasteiger charge is -2.16. The van der Waals surface area contributed by atoms with Crippen molar-refractivity contribution in [2.45, 2.75) is 37.6 Å². The number of hydrogen-bond donors (Lipinski definition) is 1. The first-order valence-corrected chi connectivity index (χ1v) is 8.15. The van der Waals surface area contributed by atoms with Gasteiger partial charge in [0.1, 0.15) is 0 Å². The largest absolute Gasteiger partial charge is 0.313 e. The van der Waals surface area contributed by atoms with Crippen LogP contribution in [0.25, 0.3) is 0 Å². The Kier molecular flexibility index (Phi) is 7.00. The molecule has 1 N–H and O–H groups in total. The van der Waals surface area contributed by atoms with Crippen molar-refractivity contribution >= 4 is 26.7 Å². The predicted octanol–water partition coefficient (Wildman–Crippen LogP) is 3.33. The van der Waals surface area contributed by atoms with E-state index in [2.05, 4.69) is 35.1 Å². The van der Waals surface area contributed by atoms with Crippen molar-refractivity contribution < 1.29 is 4.21 Å². The van der Waals surface area contributed by atoms with Crippen molar-refractivity contribution in [3.63, 3.8) is 0 Å². The molecule has 0 amide bonds. The van der Waals surface area contributed by atoms with Crippen LogP contribution in [-0.4, -0.2) is 22.5 Å². The number of benzene rings is 1. The van der Waals surface area contributed by atoms with Gasteiger partial charge < -0.3 is 5.32 Å². The quantitative estimate of drug-likeness (QED) is 0.835. The molecule has 2 atom stereocenters. The molecule has 0 fully saturated rings. The van der Waals surface area contributed by atoms with Crippen LogP contribution >= 0.6 is 15.9 Å². The Bertz CT molecular complexity index is 347. The molecule has 4 heteroatoms. The summed E-state index contributed by atoms with van der Waals surface area (Å²) < 4.78 is 13.2. The minimum Gasteiger partial charge on any atom is -0.313 e. The summed E-state index contributed by atoms with van der Waals surface area (Å²) in [5.74, 6) is 0.698. The molecule has 0 radical (unpaired) electrons. The zero-order chi connectivity index (χ0) is 12.7. The van der Waals surface area contributed by atoms with Crippen molar-refractivity contribution in [2.24, 2.45) is 0 Å². The highest BCUT2D eigenvalue weighted by molar-refractivity contribution is 9.10. The van der Waals surface area contributed by atoms with E-state index in [4.69, 9.17) is 0 Å². The molecular weight excluding hydrogens is 298 g/mol. The van der Waals surface area contributed by atoms with Gasteiger partial charge in [0.15, 0.2) is 0 Å². The average Bonchev–Trinajstić information content (AvgIpc) is 2.30. The summed E-state index contributed by atoms with van der Waals surface area (Å²) in [6.45, 7) is 5.18. The maximum Gasteiger partial charge on any atom is 0.0545 e. The fraction of sp³-hybridized carbons (Fsp3) is 0.538. The molecule has 0 saturated heterocycles. The predicted molar refractivity (Wildman–Crippen MR) is 77.8 cm³/mol. The molecule has 0 aliphatic heterocycles. The zero-order valence-corrected chi connectivity index (χ0v) is 12.8. The SMILES string of the molecule is CCCC(CS(=O)c1ccc(Br)cc1)NCC. The Balaban J connectivity index is 2.60. The van der Waals surface area contributed by atoms with Crippen molar-refractivity contribution in [1.29, 1.82) is 0 Å². The lowest BCUT2D eigenvalue weighted by Crippen LogP contribution is -2.33. The molecule has 0 aliphatic carbocycles. The molecule has 0 spiro atoms. The van der Waals surface area contributed by atoms with Gasteiger partial charge in [0, 0.05) is 21.2 Å². The van der Waals surface area contributed by atoms with E-state index < -0.39 is 10.8 Å². The lowest BCUT2D eigenvalue weighted by molar-refractivity contribution is 0.525. The van der Waals surface area contributed by atoms with Crippen molar-refractivity contribution in [3.8, 4) is 0 Å². The van der Waals surface area contributed by atoms with E-state index in [1.54, 1.807) is 0 Å². The van der Waals surface area contributed by atoms with E-state index in [-0.39, 0.29) is 0 Å². The minimum absolute atomic E-state index is 0.356. The first-order chi connectivity index (χ1) is 8.17. The van der Waals surface area contributed by atoms with Gasteiger partial charge in [0.2, 0.25) is 0 Å². The van der Waals surface area contributed by atoms with Crippen LogP contribution in [0.2, 0.25) is 0 Å². The monoisotopic (exact) mass is 317 g/mol. The van der Waals surface area contributed by atoms with Crippen molar-refractivity contribution in [1.82, 2.24) is 5.32 Å². The molecule has 2 unspecified atom stereocenters. The second kappa shape index (κ2) is 8.01. The fourth-order valence-electron chi connectivity index (χ4n) is 1.75. The normalized spacial score (nSPS) is 14.5. The summed E-state index contributed by atoms with van der Waals surface area (Å²) >= 11 is 3.38. The van der Waals surface area contributed by atoms with Gasteiger partial charge in [0.05, 0.1) is 10.8 Å². The van der Waals surface area contributed by atoms with E-state index in [1.807, 2.05) is 24.3 Å². The van der Waals surface area contributed by atoms with Crippen LogP contribution in [0, 0.1) is 0 Å². The van der Waals surface area contributed by atoms with Crippen molar-refractivity contribution in [2.75, 3.05) is 12.3 Å². The number of halogens is 1. The Labute approximate surface area is 115 Å². The van der Waals surface area contributed by atoms with Crippen LogP contribution in [0.4, 0.5) is 0 Å². The summed E-state index contributed by atoms with van der Waals surface area (Å²) in [5, 5.41) is 3.39. The summed E-state index contributed by atoms with van der Waals surface area (Å²) in [6.07, 6.45) is 2.20. The minimum atomic E-state index is -0.908. The first kappa shape index (κ1) is 14.9. The molecule has 2 nitrogen and oxygen atoms in total. The summed E-state index contributed by atoms with van der Waals surface area (Å²) in [7, 11) is -0.908. The molecular formula is C13H20BrNOS. The highest BCUT2D eigenvalue weighted by Gasteiger charge is 2.12. The molecule has 0 bridgehead atoms. The van der Waals surface area contributed by atoms with E-state index in [0.717, 1.165) is 28.8 Å². The van der Waals surface area contributed by atoms with Crippen LogP contribution in [-0.2, 0) is 10.8 Å². The zero-order valence-electron chi connectivity index (χ0n) is 10.4. The molecule has 0 aliphatic rings. The Morgan fingerprint density at radius 1 is 1.29 bits per heavy atom. The van der Waals surface area contributed by atoms with Gasteiger partial charge in [-0.2, -0.15) is 0 Å². The van der Waals surface area contributed by atoms with E-state index in [1.165, 1.54) is 0 Å². The molecule has 1 rings (SSSR count). The van der Waals surface area contributed by atoms with Crippen LogP contribution in [0.5, 0.6) is 0 Å². The topological polar surface area (TPSA) is 29.1 Å². The summed E-state index contributed by atoms with van der Waals surface area (Å²) in [4.78, 5) is 0.909. The van der Waals surface area contributed by atoms with Gasteiger partial charge in [-0.3, -0.25) is 4.21 Å². The Morgan fingerprint density at radius 3 is 2.47 bits per heavy atom. The van der Waals surface area contributed by atoms with E-state index in [9.17, 15) is 4.21 Å². The van der Waals surface area contributed by atoms with Crippen LogP contribution in [0.3, 0.4) is 0 Å². The number of hydrogen-bond acceptors (Lipinski definition) is 2. The molecule has 1 aromatic rings. The molecule has 1 aromatic carbocycles. The van der Waals surface area contributed by atoms with Gasteiger partial charge in [-0.1, -0.05) is 36.2 Å². The van der Waals surface area contributed by atoms with Crippen LogP contribution < -0.4 is 5.32 Å². The third kappa shape index (κ3) is 5.32. The molecule has 0 saturated carbocycles. The molecule has 0 aromatic heterocycles. The molecule has 17 heavy (non-hydrogen) atoms. The third-order valence-electron chi connectivity index (χ3n) is 2.56. The second-order valence-corrected chi connectivity index (χ2v) is 6.42. The highest BCUT2D eigenvalue weighted by Crippen LogP contribution is 2.14. The highest BCUT2D eigenvalue weighted by atomic mass is 79.9. The fourth-order valence-corrected chi connectivity index (χ4v) is 3.29. The smallest absolute Gasteiger partial charge is 0.0545 e. The van der Waals surface area contributed by atoms with Gasteiger partial charge in [0.25, 0.3) is 0 Å². The first-order valence-electron chi connectivity index (χ1n) is 6.04. The Morgan fingerprint density at radius 2 is 1.94 bits per heavy atom. The van der Waals surface area contributed by atoms with Crippen LogP contribution in [0.15, 0.2) is 33.6 Å². The standard InChI is InChI=1S/C13H20BrNOS/c1-3-5-12(15-4-2)10-17(16)13-8-6-11(14)7-9-13/h6-9,12,15H,3-5,10H2,1-2H3. The molecule has 96 valence electrons. The van der Waals surface area contributed by atoms with Crippen LogP contribution in [0.1, 0.15) is 26.7 Å². The summed E-state index contributed by atoms with van der Waals surface area (Å²) in [5.41, 5.74) is 0. The lowest BCUT2D eigenvalue weighted by atomic mass is 10.2. The maximum atomic E-state index is 12.2. The van der Waals surface area contributed by atoms with Gasteiger partial charge in [-0.25, -0.2) is 0 Å². The van der Waals surface area contributed by atoms with Gasteiger partial charge >= 0.3 is 0 Å². The van der Waals surface area contributed by atoms with Gasteiger partial charge in [-0.05, 0) is 37.2 Å². The van der Waals surface area contributed by atoms with E-state index in [0.29, 0.717) is 11.8 Å². The second-order valence-electron chi connectivity index (χ2n) is 4.01. The molecule has 0 heterocycles. The number of nitrogens with one attached hydrogen (secondary N) is 1. The van der Waals surface area contributed by atoms with Crippen molar-refractivity contribution in [3.05, 3.63) is 28.7 Å². The van der Waals surface area contributed by atoms with Gasteiger partial charge in [-0.15, -0.1) is 0 Å². The Hall–Kier alpha value is -0.190. The maximum absolute atomic E-state index is 12.2. The number of rotatable bonds is 7. The third-order valence-corrected chi connectivity index (χ3v) is 4.59.